The Labute approximate surface area is 188 Å². The molecule has 33 heavy (non-hydrogen) atoms. The highest BCUT2D eigenvalue weighted by molar-refractivity contribution is 7.92. The predicted molar refractivity (Wildman–Crippen MR) is 116 cm³/mol. The Morgan fingerprint density at radius 3 is 2.45 bits per heavy atom. The van der Waals surface area contributed by atoms with Crippen LogP contribution in [0.4, 0.5) is 18.9 Å². The van der Waals surface area contributed by atoms with E-state index in [1.165, 1.54) is 17.0 Å². The fraction of sp³-hybridized carbons (Fsp3) is 0.318. The zero-order valence-corrected chi connectivity index (χ0v) is 18.2. The zero-order chi connectivity index (χ0) is 23.6. The van der Waals surface area contributed by atoms with Gasteiger partial charge >= 0.3 is 6.43 Å². The highest BCUT2D eigenvalue weighted by Crippen LogP contribution is 2.29. The molecule has 11 heteroatoms. The molecule has 0 unspecified atom stereocenters. The normalized spacial score (nSPS) is 20.7. The van der Waals surface area contributed by atoms with Gasteiger partial charge in [0.05, 0.1) is 6.54 Å². The molecule has 2 heterocycles. The summed E-state index contributed by atoms with van der Waals surface area (Å²) in [5.41, 5.74) is 0.942. The molecule has 1 aliphatic rings. The number of carbonyl (C=O) groups excluding carboxylic acids is 1. The molecule has 4 rings (SSSR count). The maximum absolute atomic E-state index is 14.9. The molecule has 1 saturated heterocycles. The summed E-state index contributed by atoms with van der Waals surface area (Å²) in [5, 5.41) is 6.76. The Morgan fingerprint density at radius 2 is 1.85 bits per heavy atom. The molecule has 0 saturated carbocycles. The van der Waals surface area contributed by atoms with E-state index in [9.17, 15) is 22.2 Å². The van der Waals surface area contributed by atoms with Crippen molar-refractivity contribution in [1.29, 1.82) is 4.78 Å². The lowest BCUT2D eigenvalue weighted by atomic mass is 10.00. The standard InChI is InChI=1S/C22H21F3N4O3S/c23-18-12-15(20-27-28-21(32-20)19(24)25)6-7-16(18)13-29(17-4-2-1-3-5-17)22(30)14-8-10-33(26,31)11-9-14/h1-7,12,14,19,26H,8-11,13H2. The van der Waals surface area contributed by atoms with Gasteiger partial charge in [-0.25, -0.2) is 8.60 Å². The molecule has 7 nitrogen and oxygen atoms in total. The summed E-state index contributed by atoms with van der Waals surface area (Å²) in [6.45, 7) is -0.0617. The van der Waals surface area contributed by atoms with Crippen molar-refractivity contribution in [2.75, 3.05) is 16.4 Å². The van der Waals surface area contributed by atoms with Crippen molar-refractivity contribution >= 4 is 21.3 Å². The molecule has 1 amide bonds. The molecule has 0 atom stereocenters. The van der Waals surface area contributed by atoms with E-state index in [0.29, 0.717) is 18.5 Å². The lowest BCUT2D eigenvalue weighted by Crippen LogP contribution is -2.39. The van der Waals surface area contributed by atoms with Gasteiger partial charge in [-0.3, -0.25) is 9.57 Å². The fourth-order valence-corrected chi connectivity index (χ4v) is 5.24. The van der Waals surface area contributed by atoms with Crippen LogP contribution in [0.15, 0.2) is 52.9 Å². The molecule has 3 aromatic rings. The van der Waals surface area contributed by atoms with Crippen LogP contribution in [0.3, 0.4) is 0 Å². The first-order valence-corrected chi connectivity index (χ1v) is 12.1. The van der Waals surface area contributed by atoms with Crippen LogP contribution >= 0.6 is 0 Å². The molecular formula is C22H21F3N4O3S. The van der Waals surface area contributed by atoms with Crippen molar-refractivity contribution in [3.8, 4) is 11.5 Å². The predicted octanol–water partition coefficient (Wildman–Crippen LogP) is 4.80. The van der Waals surface area contributed by atoms with Gasteiger partial charge in [-0.2, -0.15) is 8.78 Å². The Hall–Kier alpha value is -3.21. The van der Waals surface area contributed by atoms with E-state index < -0.39 is 33.8 Å². The minimum Gasteiger partial charge on any atom is -0.415 e. The van der Waals surface area contributed by atoms with Gasteiger partial charge in [-0.05, 0) is 37.1 Å². The maximum Gasteiger partial charge on any atom is 0.314 e. The van der Waals surface area contributed by atoms with E-state index in [-0.39, 0.29) is 41.0 Å². The Balaban J connectivity index is 1.59. The number of halogens is 3. The third-order valence-electron chi connectivity index (χ3n) is 5.53. The Morgan fingerprint density at radius 1 is 1.15 bits per heavy atom. The van der Waals surface area contributed by atoms with Crippen molar-refractivity contribution in [2.24, 2.45) is 5.92 Å². The summed E-state index contributed by atoms with van der Waals surface area (Å²) in [5.74, 6) is -2.03. The van der Waals surface area contributed by atoms with Gasteiger partial charge in [0.15, 0.2) is 0 Å². The average Bonchev–Trinajstić information content (AvgIpc) is 3.29. The topological polar surface area (TPSA) is 100 Å². The van der Waals surface area contributed by atoms with Crippen LogP contribution in [0, 0.1) is 16.5 Å². The van der Waals surface area contributed by atoms with Gasteiger partial charge < -0.3 is 9.32 Å². The van der Waals surface area contributed by atoms with Crippen LogP contribution in [-0.2, 0) is 21.1 Å². The summed E-state index contributed by atoms with van der Waals surface area (Å²) in [6.07, 6.45) is -2.24. The molecular weight excluding hydrogens is 457 g/mol. The molecule has 0 spiro atoms. The van der Waals surface area contributed by atoms with E-state index in [4.69, 9.17) is 9.20 Å². The molecule has 1 N–H and O–H groups in total. The highest BCUT2D eigenvalue weighted by Gasteiger charge is 2.31. The number of hydrogen-bond donors (Lipinski definition) is 1. The van der Waals surface area contributed by atoms with Crippen molar-refractivity contribution in [1.82, 2.24) is 10.2 Å². The van der Waals surface area contributed by atoms with E-state index >= 15 is 0 Å². The number of amides is 1. The smallest absolute Gasteiger partial charge is 0.314 e. The van der Waals surface area contributed by atoms with Crippen molar-refractivity contribution in [3.05, 3.63) is 65.8 Å². The number of rotatable bonds is 6. The second-order valence-corrected chi connectivity index (χ2v) is 10.2. The first-order chi connectivity index (χ1) is 15.7. The van der Waals surface area contributed by atoms with Crippen LogP contribution in [0.1, 0.15) is 30.7 Å². The number of carbonyl (C=O) groups is 1. The lowest BCUT2D eigenvalue weighted by molar-refractivity contribution is -0.122. The van der Waals surface area contributed by atoms with Crippen molar-refractivity contribution in [2.45, 2.75) is 25.8 Å². The third-order valence-corrected chi connectivity index (χ3v) is 7.32. The number of para-hydroxylation sites is 1. The third kappa shape index (κ3) is 5.24. The number of alkyl halides is 2. The highest BCUT2D eigenvalue weighted by atomic mass is 32.2. The van der Waals surface area contributed by atoms with Crippen LogP contribution in [0.2, 0.25) is 0 Å². The van der Waals surface area contributed by atoms with Gasteiger partial charge in [0.1, 0.15) is 5.82 Å². The lowest BCUT2D eigenvalue weighted by Gasteiger charge is -2.30. The van der Waals surface area contributed by atoms with Crippen molar-refractivity contribution in [3.63, 3.8) is 0 Å². The van der Waals surface area contributed by atoms with E-state index in [1.807, 2.05) is 0 Å². The molecule has 174 valence electrons. The number of nitrogens with zero attached hydrogens (tertiary/aromatic N) is 3. The van der Waals surface area contributed by atoms with E-state index in [0.717, 1.165) is 6.07 Å². The average molecular weight is 478 g/mol. The zero-order valence-electron chi connectivity index (χ0n) is 17.4. The second-order valence-electron chi connectivity index (χ2n) is 7.81. The molecule has 2 aromatic carbocycles. The quantitative estimate of drug-likeness (QED) is 0.548. The largest absolute Gasteiger partial charge is 0.415 e. The maximum atomic E-state index is 14.9. The van der Waals surface area contributed by atoms with Gasteiger partial charge in [0.2, 0.25) is 11.8 Å². The summed E-state index contributed by atoms with van der Waals surface area (Å²) in [4.78, 5) is 14.8. The molecule has 0 aliphatic carbocycles. The molecule has 1 aromatic heterocycles. The summed E-state index contributed by atoms with van der Waals surface area (Å²) >= 11 is 0. The molecule has 0 radical (unpaired) electrons. The van der Waals surface area contributed by atoms with Crippen LogP contribution in [-0.4, -0.2) is 31.8 Å². The summed E-state index contributed by atoms with van der Waals surface area (Å²) in [6, 6.07) is 12.8. The number of benzene rings is 2. The summed E-state index contributed by atoms with van der Waals surface area (Å²) in [7, 11) is -2.64. The van der Waals surface area contributed by atoms with Crippen LogP contribution in [0.5, 0.6) is 0 Å². The fourth-order valence-electron chi connectivity index (χ4n) is 3.70. The number of aromatic nitrogens is 2. The number of hydrogen-bond acceptors (Lipinski definition) is 6. The number of anilines is 1. The number of nitrogens with one attached hydrogen (secondary N) is 1. The molecule has 1 aliphatic heterocycles. The van der Waals surface area contributed by atoms with Gasteiger partial charge in [0.25, 0.3) is 5.89 Å². The van der Waals surface area contributed by atoms with Gasteiger partial charge in [0, 0.05) is 44.0 Å². The van der Waals surface area contributed by atoms with Crippen LogP contribution < -0.4 is 4.90 Å². The SMILES string of the molecule is N=S1(=O)CCC(C(=O)N(Cc2ccc(-c3nnc(C(F)F)o3)cc2F)c2ccccc2)CC1. The minimum absolute atomic E-state index is 0.0617. The van der Waals surface area contributed by atoms with Gasteiger partial charge in [-0.1, -0.05) is 24.3 Å². The second kappa shape index (κ2) is 9.34. The minimum atomic E-state index is -2.93. The molecule has 0 bridgehead atoms. The Bertz CT molecular complexity index is 1230. The van der Waals surface area contributed by atoms with Crippen molar-refractivity contribution < 1.29 is 26.6 Å². The first kappa shape index (κ1) is 23.0. The van der Waals surface area contributed by atoms with E-state index in [2.05, 4.69) is 10.2 Å². The summed E-state index contributed by atoms with van der Waals surface area (Å²) < 4.78 is 64.9. The Kier molecular flexibility index (Phi) is 6.50. The monoisotopic (exact) mass is 478 g/mol. The van der Waals surface area contributed by atoms with E-state index in [1.54, 1.807) is 30.3 Å². The molecule has 1 fully saturated rings. The van der Waals surface area contributed by atoms with Gasteiger partial charge in [-0.15, -0.1) is 10.2 Å². The van der Waals surface area contributed by atoms with Crippen LogP contribution in [0.25, 0.3) is 11.5 Å². The first-order valence-electron chi connectivity index (χ1n) is 10.2.